The molecular weight excluding hydrogens is 256 g/mol. The van der Waals surface area contributed by atoms with Crippen molar-refractivity contribution >= 4 is 0 Å². The molecule has 1 heterocycles. The van der Waals surface area contributed by atoms with Gasteiger partial charge in [0.1, 0.15) is 0 Å². The molecule has 0 aromatic heterocycles. The van der Waals surface area contributed by atoms with Crippen LogP contribution in [-0.4, -0.2) is 48.6 Å². The van der Waals surface area contributed by atoms with Crippen LogP contribution in [0.3, 0.4) is 0 Å². The maximum atomic E-state index is 2.81. The van der Waals surface area contributed by atoms with E-state index in [0.29, 0.717) is 0 Å². The first-order chi connectivity index (χ1) is 10.3. The van der Waals surface area contributed by atoms with E-state index in [1.807, 2.05) is 0 Å². The van der Waals surface area contributed by atoms with E-state index in [4.69, 9.17) is 0 Å². The molecule has 2 saturated carbocycles. The topological polar surface area (TPSA) is 6.48 Å². The molecule has 3 fully saturated rings. The van der Waals surface area contributed by atoms with Crippen molar-refractivity contribution in [3.8, 4) is 0 Å². The summed E-state index contributed by atoms with van der Waals surface area (Å²) >= 11 is 0. The van der Waals surface area contributed by atoms with Crippen LogP contribution in [-0.2, 0) is 0 Å². The second-order valence-corrected chi connectivity index (χ2v) is 8.29. The van der Waals surface area contributed by atoms with Crippen LogP contribution in [0.15, 0.2) is 12.2 Å². The summed E-state index contributed by atoms with van der Waals surface area (Å²) < 4.78 is 0. The van der Waals surface area contributed by atoms with E-state index in [2.05, 4.69) is 28.9 Å². The van der Waals surface area contributed by atoms with Crippen molar-refractivity contribution in [2.45, 2.75) is 51.5 Å². The van der Waals surface area contributed by atoms with Gasteiger partial charge in [-0.3, -0.25) is 4.90 Å². The zero-order chi connectivity index (χ0) is 14.2. The van der Waals surface area contributed by atoms with Crippen molar-refractivity contribution in [1.82, 2.24) is 9.80 Å². The molecule has 2 heteroatoms. The van der Waals surface area contributed by atoms with Gasteiger partial charge < -0.3 is 4.90 Å². The first-order valence-corrected chi connectivity index (χ1v) is 9.42. The minimum absolute atomic E-state index is 0.911. The normalized spacial score (nSPS) is 44.5. The molecule has 0 radical (unpaired) electrons. The van der Waals surface area contributed by atoms with Gasteiger partial charge in [0.05, 0.1) is 0 Å². The Morgan fingerprint density at radius 3 is 2.29 bits per heavy atom. The molecule has 4 aliphatic rings. The maximum Gasteiger partial charge on any atom is 0.0113 e. The maximum absolute atomic E-state index is 2.81. The van der Waals surface area contributed by atoms with E-state index < -0.39 is 0 Å². The van der Waals surface area contributed by atoms with Crippen molar-refractivity contribution < 1.29 is 0 Å². The second kappa shape index (κ2) is 6.04. The number of fused-ring (bicyclic) bond motifs is 2. The summed E-state index contributed by atoms with van der Waals surface area (Å²) in [6, 6.07) is 0.911. The summed E-state index contributed by atoms with van der Waals surface area (Å²) in [7, 11) is 0. The summed E-state index contributed by atoms with van der Waals surface area (Å²) in [5.74, 6) is 3.81. The minimum Gasteiger partial charge on any atom is -0.300 e. The zero-order valence-corrected chi connectivity index (χ0v) is 13.7. The van der Waals surface area contributed by atoms with E-state index in [1.165, 1.54) is 71.2 Å². The van der Waals surface area contributed by atoms with Crippen LogP contribution in [0, 0.1) is 23.7 Å². The molecule has 0 N–H and O–H groups in total. The lowest BCUT2D eigenvalue weighted by Crippen LogP contribution is -2.52. The fourth-order valence-corrected chi connectivity index (χ4v) is 5.35. The van der Waals surface area contributed by atoms with Gasteiger partial charge in [-0.15, -0.1) is 0 Å². The van der Waals surface area contributed by atoms with Gasteiger partial charge in [-0.2, -0.15) is 0 Å². The molecule has 4 rings (SSSR count). The van der Waals surface area contributed by atoms with E-state index >= 15 is 0 Å². The summed E-state index contributed by atoms with van der Waals surface area (Å²) in [5, 5.41) is 0. The molecule has 21 heavy (non-hydrogen) atoms. The highest BCUT2D eigenvalue weighted by Gasteiger charge is 2.37. The third kappa shape index (κ3) is 3.07. The molecular formula is C19H32N2. The standard InChI is InChI=1S/C19H32N2/c1-15-2-6-19(7-3-15)21-10-8-20(9-11-21)14-18-13-16-4-5-17(18)12-16/h4-5,15-19H,2-3,6-14H2,1H3/t15?,16-,17-,18-,19?/m0/s1. The van der Waals surface area contributed by atoms with Crippen molar-refractivity contribution in [1.29, 1.82) is 0 Å². The van der Waals surface area contributed by atoms with Gasteiger partial charge in [-0.25, -0.2) is 0 Å². The highest BCUT2D eigenvalue weighted by molar-refractivity contribution is 5.10. The Morgan fingerprint density at radius 2 is 1.67 bits per heavy atom. The Morgan fingerprint density at radius 1 is 0.905 bits per heavy atom. The smallest absolute Gasteiger partial charge is 0.0113 e. The molecule has 0 unspecified atom stereocenters. The average molecular weight is 288 g/mol. The molecule has 118 valence electrons. The number of hydrogen-bond donors (Lipinski definition) is 0. The molecule has 1 aliphatic heterocycles. The molecule has 3 aliphatic carbocycles. The predicted octanol–water partition coefficient (Wildman–Crippen LogP) is 3.39. The summed E-state index contributed by atoms with van der Waals surface area (Å²) in [5.41, 5.74) is 0. The third-order valence-electron chi connectivity index (χ3n) is 6.82. The molecule has 0 aromatic carbocycles. The van der Waals surface area contributed by atoms with E-state index in [0.717, 1.165) is 29.7 Å². The van der Waals surface area contributed by atoms with Gasteiger partial charge in [0.15, 0.2) is 0 Å². The highest BCUT2D eigenvalue weighted by atomic mass is 15.3. The van der Waals surface area contributed by atoms with E-state index in [-0.39, 0.29) is 0 Å². The lowest BCUT2D eigenvalue weighted by Gasteiger charge is -2.42. The number of nitrogens with zero attached hydrogens (tertiary/aromatic N) is 2. The summed E-state index contributed by atoms with van der Waals surface area (Å²) in [4.78, 5) is 5.57. The van der Waals surface area contributed by atoms with Gasteiger partial charge in [0.25, 0.3) is 0 Å². The second-order valence-electron chi connectivity index (χ2n) is 8.29. The lowest BCUT2D eigenvalue weighted by atomic mass is 9.86. The minimum atomic E-state index is 0.911. The zero-order valence-electron chi connectivity index (χ0n) is 13.7. The Balaban J connectivity index is 1.23. The van der Waals surface area contributed by atoms with Gasteiger partial charge >= 0.3 is 0 Å². The lowest BCUT2D eigenvalue weighted by molar-refractivity contribution is 0.0628. The molecule has 0 amide bonds. The van der Waals surface area contributed by atoms with Gasteiger partial charge in [-0.1, -0.05) is 19.1 Å². The Bertz CT molecular complexity index is 375. The Hall–Kier alpha value is -0.340. The van der Waals surface area contributed by atoms with Crippen LogP contribution in [0.2, 0.25) is 0 Å². The molecule has 3 atom stereocenters. The van der Waals surface area contributed by atoms with E-state index in [9.17, 15) is 0 Å². The van der Waals surface area contributed by atoms with Crippen LogP contribution >= 0.6 is 0 Å². The third-order valence-corrected chi connectivity index (χ3v) is 6.82. The predicted molar refractivity (Wildman–Crippen MR) is 88.3 cm³/mol. The molecule has 1 saturated heterocycles. The summed E-state index contributed by atoms with van der Waals surface area (Å²) in [6.07, 6.45) is 13.8. The number of allylic oxidation sites excluding steroid dienone is 2. The number of rotatable bonds is 3. The molecule has 0 spiro atoms. The SMILES string of the molecule is CC1CCC(N2CCN(C[C@@H]3C[C@H]4C=C[C@H]3C4)CC2)CC1. The fourth-order valence-electron chi connectivity index (χ4n) is 5.35. The van der Waals surface area contributed by atoms with Gasteiger partial charge in [0.2, 0.25) is 0 Å². The Kier molecular flexibility index (Phi) is 4.10. The first kappa shape index (κ1) is 14.3. The fraction of sp³-hybridized carbons (Fsp3) is 0.895. The number of piperazine rings is 1. The highest BCUT2D eigenvalue weighted by Crippen LogP contribution is 2.43. The van der Waals surface area contributed by atoms with Crippen LogP contribution < -0.4 is 0 Å². The van der Waals surface area contributed by atoms with Crippen LogP contribution in [0.1, 0.15) is 45.4 Å². The van der Waals surface area contributed by atoms with E-state index in [1.54, 1.807) is 0 Å². The average Bonchev–Trinajstić information content (AvgIpc) is 3.12. The van der Waals surface area contributed by atoms with Crippen LogP contribution in [0.4, 0.5) is 0 Å². The van der Waals surface area contributed by atoms with Gasteiger partial charge in [-0.05, 0) is 62.2 Å². The number of hydrogen-bond acceptors (Lipinski definition) is 2. The monoisotopic (exact) mass is 288 g/mol. The van der Waals surface area contributed by atoms with Crippen molar-refractivity contribution in [2.24, 2.45) is 23.7 Å². The largest absolute Gasteiger partial charge is 0.300 e. The Labute approximate surface area is 130 Å². The first-order valence-electron chi connectivity index (χ1n) is 9.42. The molecule has 2 bridgehead atoms. The molecule has 2 nitrogen and oxygen atoms in total. The van der Waals surface area contributed by atoms with Crippen molar-refractivity contribution in [3.63, 3.8) is 0 Å². The van der Waals surface area contributed by atoms with Crippen molar-refractivity contribution in [2.75, 3.05) is 32.7 Å². The quantitative estimate of drug-likeness (QED) is 0.735. The van der Waals surface area contributed by atoms with Crippen LogP contribution in [0.25, 0.3) is 0 Å². The summed E-state index contributed by atoms with van der Waals surface area (Å²) in [6.45, 7) is 9.11. The van der Waals surface area contributed by atoms with Gasteiger partial charge in [0, 0.05) is 38.8 Å². The van der Waals surface area contributed by atoms with Crippen molar-refractivity contribution in [3.05, 3.63) is 12.2 Å². The molecule has 0 aromatic rings. The van der Waals surface area contributed by atoms with Crippen LogP contribution in [0.5, 0.6) is 0 Å².